The SMILES string of the molecule is CCCCc1nc2ccc(Br)cc2c(=O)n1N=Cc1cc(Br)c(OCc2cccc(C(=O)O)c2)c(OC)c1. The number of unbranched alkanes of at least 4 members (excludes halogenated alkanes) is 1. The number of carboxylic acids is 1. The lowest BCUT2D eigenvalue weighted by Crippen LogP contribution is -2.22. The lowest BCUT2D eigenvalue weighted by Gasteiger charge is -2.14. The number of nitrogens with zero attached hydrogens (tertiary/aromatic N) is 3. The van der Waals surface area contributed by atoms with E-state index in [0.29, 0.717) is 50.2 Å². The Labute approximate surface area is 236 Å². The predicted octanol–water partition coefficient (Wildman–Crippen LogP) is 6.43. The van der Waals surface area contributed by atoms with Crippen molar-refractivity contribution in [2.45, 2.75) is 32.8 Å². The number of methoxy groups -OCH3 is 1. The van der Waals surface area contributed by atoms with E-state index in [2.05, 4.69) is 43.9 Å². The summed E-state index contributed by atoms with van der Waals surface area (Å²) >= 11 is 6.96. The monoisotopic (exact) mass is 641 g/mol. The molecule has 0 amide bonds. The number of carbonyl (C=O) groups is 1. The van der Waals surface area contributed by atoms with Crippen LogP contribution >= 0.6 is 31.9 Å². The minimum atomic E-state index is -1.000. The van der Waals surface area contributed by atoms with Gasteiger partial charge in [-0.25, -0.2) is 9.78 Å². The minimum absolute atomic E-state index is 0.151. The average molecular weight is 643 g/mol. The fourth-order valence-electron chi connectivity index (χ4n) is 3.84. The van der Waals surface area contributed by atoms with Gasteiger partial charge >= 0.3 is 5.97 Å². The number of fused-ring (bicyclic) bond motifs is 1. The fraction of sp³-hybridized carbons (Fsp3) is 0.214. The van der Waals surface area contributed by atoms with Crippen LogP contribution in [-0.2, 0) is 13.0 Å². The van der Waals surface area contributed by atoms with Crippen LogP contribution in [0.15, 0.2) is 73.4 Å². The zero-order chi connectivity index (χ0) is 27.2. The summed E-state index contributed by atoms with van der Waals surface area (Å²) in [6.07, 6.45) is 4.04. The minimum Gasteiger partial charge on any atom is -0.493 e. The van der Waals surface area contributed by atoms with Crippen LogP contribution in [0.3, 0.4) is 0 Å². The number of aromatic nitrogens is 2. The largest absolute Gasteiger partial charge is 0.493 e. The van der Waals surface area contributed by atoms with Gasteiger partial charge in [-0.1, -0.05) is 41.4 Å². The Morgan fingerprint density at radius 1 is 1.16 bits per heavy atom. The van der Waals surface area contributed by atoms with Crippen molar-refractivity contribution in [3.63, 3.8) is 0 Å². The van der Waals surface area contributed by atoms with Gasteiger partial charge in [-0.05, 0) is 75.9 Å². The molecule has 4 aromatic rings. The Morgan fingerprint density at radius 2 is 1.97 bits per heavy atom. The number of halogens is 2. The maximum absolute atomic E-state index is 13.3. The van der Waals surface area contributed by atoms with Gasteiger partial charge in [0.2, 0.25) is 0 Å². The molecule has 0 aliphatic rings. The molecule has 0 unspecified atom stereocenters. The van der Waals surface area contributed by atoms with Crippen LogP contribution in [0.5, 0.6) is 11.5 Å². The number of aryl methyl sites for hydroxylation is 1. The second kappa shape index (κ2) is 12.4. The molecule has 0 atom stereocenters. The van der Waals surface area contributed by atoms with Crippen molar-refractivity contribution in [1.29, 1.82) is 0 Å². The van der Waals surface area contributed by atoms with E-state index in [9.17, 15) is 14.7 Å². The van der Waals surface area contributed by atoms with Gasteiger partial charge in [-0.15, -0.1) is 0 Å². The lowest BCUT2D eigenvalue weighted by molar-refractivity contribution is 0.0696. The van der Waals surface area contributed by atoms with Crippen LogP contribution in [0.25, 0.3) is 10.9 Å². The van der Waals surface area contributed by atoms with E-state index in [1.54, 1.807) is 42.6 Å². The molecule has 1 heterocycles. The Kier molecular flexibility index (Phi) is 8.96. The molecule has 1 N–H and O–H groups in total. The molecular weight excluding hydrogens is 618 g/mol. The molecule has 38 heavy (non-hydrogen) atoms. The highest BCUT2D eigenvalue weighted by Gasteiger charge is 2.14. The van der Waals surface area contributed by atoms with E-state index in [1.165, 1.54) is 17.9 Å². The van der Waals surface area contributed by atoms with Gasteiger partial charge in [-0.3, -0.25) is 4.79 Å². The molecule has 8 nitrogen and oxygen atoms in total. The molecule has 0 spiro atoms. The average Bonchev–Trinajstić information content (AvgIpc) is 2.91. The molecule has 0 aliphatic heterocycles. The Balaban J connectivity index is 1.65. The van der Waals surface area contributed by atoms with Crippen LogP contribution in [0.4, 0.5) is 0 Å². The second-order valence-electron chi connectivity index (χ2n) is 8.48. The summed E-state index contributed by atoms with van der Waals surface area (Å²) in [5, 5.41) is 14.2. The maximum Gasteiger partial charge on any atom is 0.335 e. The van der Waals surface area contributed by atoms with E-state index in [0.717, 1.165) is 17.3 Å². The van der Waals surface area contributed by atoms with Crippen molar-refractivity contribution < 1.29 is 19.4 Å². The van der Waals surface area contributed by atoms with Gasteiger partial charge in [0.05, 0.1) is 34.3 Å². The molecule has 0 bridgehead atoms. The highest BCUT2D eigenvalue weighted by Crippen LogP contribution is 2.37. The van der Waals surface area contributed by atoms with E-state index in [4.69, 9.17) is 14.5 Å². The number of hydrogen-bond acceptors (Lipinski definition) is 6. The quantitative estimate of drug-likeness (QED) is 0.200. The predicted molar refractivity (Wildman–Crippen MR) is 154 cm³/mol. The second-order valence-corrected chi connectivity index (χ2v) is 10.3. The van der Waals surface area contributed by atoms with Crippen molar-refractivity contribution in [2.75, 3.05) is 7.11 Å². The third-order valence-corrected chi connectivity index (χ3v) is 6.84. The summed E-state index contributed by atoms with van der Waals surface area (Å²) in [6.45, 7) is 2.23. The van der Waals surface area contributed by atoms with E-state index >= 15 is 0 Å². The number of ether oxygens (including phenoxy) is 2. The Morgan fingerprint density at radius 3 is 2.71 bits per heavy atom. The van der Waals surface area contributed by atoms with E-state index in [1.807, 2.05) is 12.1 Å². The zero-order valence-corrected chi connectivity index (χ0v) is 24.0. The van der Waals surface area contributed by atoms with E-state index < -0.39 is 5.97 Å². The van der Waals surface area contributed by atoms with Gasteiger partial charge in [-0.2, -0.15) is 9.78 Å². The normalized spacial score (nSPS) is 11.3. The number of carboxylic acid groups (broad SMARTS) is 1. The van der Waals surface area contributed by atoms with Crippen molar-refractivity contribution in [1.82, 2.24) is 9.66 Å². The highest BCUT2D eigenvalue weighted by atomic mass is 79.9. The number of rotatable bonds is 10. The topological polar surface area (TPSA) is 103 Å². The molecule has 0 saturated heterocycles. The number of aromatic carboxylic acids is 1. The van der Waals surface area contributed by atoms with Crippen LogP contribution in [0, 0.1) is 0 Å². The van der Waals surface area contributed by atoms with Crippen LogP contribution < -0.4 is 15.0 Å². The van der Waals surface area contributed by atoms with Crippen molar-refractivity contribution in [2.24, 2.45) is 5.10 Å². The molecule has 10 heteroatoms. The first kappa shape index (κ1) is 27.5. The van der Waals surface area contributed by atoms with Gasteiger partial charge in [0.25, 0.3) is 5.56 Å². The number of hydrogen-bond donors (Lipinski definition) is 1. The van der Waals surface area contributed by atoms with Gasteiger partial charge in [0, 0.05) is 10.9 Å². The summed E-state index contributed by atoms with van der Waals surface area (Å²) in [4.78, 5) is 29.3. The van der Waals surface area contributed by atoms with Crippen LogP contribution in [0.2, 0.25) is 0 Å². The van der Waals surface area contributed by atoms with Crippen LogP contribution in [0.1, 0.15) is 47.1 Å². The summed E-state index contributed by atoms with van der Waals surface area (Å²) < 4.78 is 14.3. The van der Waals surface area contributed by atoms with Crippen molar-refractivity contribution in [3.8, 4) is 11.5 Å². The molecule has 0 fully saturated rings. The summed E-state index contributed by atoms with van der Waals surface area (Å²) in [6, 6.07) is 15.5. The molecule has 4 rings (SSSR count). The highest BCUT2D eigenvalue weighted by molar-refractivity contribution is 9.10. The molecule has 1 aromatic heterocycles. The molecule has 0 aliphatic carbocycles. The lowest BCUT2D eigenvalue weighted by atomic mass is 10.1. The molecule has 0 saturated carbocycles. The first-order chi connectivity index (χ1) is 18.3. The maximum atomic E-state index is 13.3. The molecule has 3 aromatic carbocycles. The standard InChI is InChI=1S/C28H25Br2N3O5/c1-3-4-8-25-32-23-10-9-20(29)14-21(23)27(34)33(25)31-15-18-12-22(30)26(24(13-18)37-2)38-16-17-6-5-7-19(11-17)28(35)36/h5-7,9-15H,3-4,8,16H2,1-2H3,(H,35,36). The Hall–Kier alpha value is -3.50. The fourth-order valence-corrected chi connectivity index (χ4v) is 4.77. The van der Waals surface area contributed by atoms with Crippen molar-refractivity contribution in [3.05, 3.63) is 96.4 Å². The zero-order valence-electron chi connectivity index (χ0n) is 20.8. The molecule has 196 valence electrons. The van der Waals surface area contributed by atoms with E-state index in [-0.39, 0.29) is 17.7 Å². The molecule has 0 radical (unpaired) electrons. The summed E-state index contributed by atoms with van der Waals surface area (Å²) in [7, 11) is 1.53. The molecular formula is C28H25Br2N3O5. The smallest absolute Gasteiger partial charge is 0.335 e. The third-order valence-electron chi connectivity index (χ3n) is 5.76. The number of benzene rings is 3. The van der Waals surface area contributed by atoms with Gasteiger partial charge in [0.1, 0.15) is 12.4 Å². The summed E-state index contributed by atoms with van der Waals surface area (Å²) in [5.74, 6) is 0.510. The van der Waals surface area contributed by atoms with Crippen molar-refractivity contribution >= 4 is 54.9 Å². The summed E-state index contributed by atoms with van der Waals surface area (Å²) in [5.41, 5.74) is 1.96. The third kappa shape index (κ3) is 6.31. The first-order valence-corrected chi connectivity index (χ1v) is 13.5. The van der Waals surface area contributed by atoms with Gasteiger partial charge < -0.3 is 14.6 Å². The van der Waals surface area contributed by atoms with Gasteiger partial charge in [0.15, 0.2) is 11.5 Å². The Bertz CT molecular complexity index is 1580. The van der Waals surface area contributed by atoms with Crippen LogP contribution in [-0.4, -0.2) is 34.1 Å². The first-order valence-electron chi connectivity index (χ1n) is 11.9.